The third kappa shape index (κ3) is 4.91. The van der Waals surface area contributed by atoms with Crippen molar-refractivity contribution < 1.29 is 17.6 Å². The minimum atomic E-state index is -3.72. The molecular formula is C19H22FN3O3S. The molecule has 2 aromatic carbocycles. The number of carbonyl (C=O) groups excluding carboxylic acids is 1. The van der Waals surface area contributed by atoms with Gasteiger partial charge in [-0.1, -0.05) is 6.07 Å². The number of sulfonamides is 1. The molecule has 1 unspecified atom stereocenters. The van der Waals surface area contributed by atoms with Crippen molar-refractivity contribution in [2.75, 3.05) is 18.4 Å². The molecule has 3 rings (SSSR count). The van der Waals surface area contributed by atoms with Crippen molar-refractivity contribution in [1.29, 1.82) is 0 Å². The Kier molecular flexibility index (Phi) is 5.88. The van der Waals surface area contributed by atoms with Gasteiger partial charge in [-0.2, -0.15) is 0 Å². The molecule has 1 fully saturated rings. The van der Waals surface area contributed by atoms with Crippen LogP contribution in [0.25, 0.3) is 0 Å². The maximum atomic E-state index is 13.3. The Morgan fingerprint density at radius 1 is 1.22 bits per heavy atom. The summed E-state index contributed by atoms with van der Waals surface area (Å²) in [5, 5.41) is 5.81. The Morgan fingerprint density at radius 2 is 2.04 bits per heavy atom. The van der Waals surface area contributed by atoms with E-state index < -0.39 is 15.9 Å². The number of benzene rings is 2. The largest absolute Gasteiger partial charge is 0.322 e. The van der Waals surface area contributed by atoms with Gasteiger partial charge in [0.1, 0.15) is 5.82 Å². The highest BCUT2D eigenvalue weighted by Gasteiger charge is 2.22. The Labute approximate surface area is 158 Å². The zero-order valence-corrected chi connectivity index (χ0v) is 15.8. The summed E-state index contributed by atoms with van der Waals surface area (Å²) in [5.74, 6) is -0.818. The normalized spacial score (nSPS) is 17.5. The molecule has 27 heavy (non-hydrogen) atoms. The molecule has 0 spiro atoms. The lowest BCUT2D eigenvalue weighted by atomic mass is 10.1. The SMILES string of the molecule is Cc1cc(NC(=O)c2cccc(S(=O)(=O)NC3CCCNC3)c2)ccc1F. The summed E-state index contributed by atoms with van der Waals surface area (Å²) < 4.78 is 41.2. The van der Waals surface area contributed by atoms with Gasteiger partial charge in [0.2, 0.25) is 10.0 Å². The molecule has 0 radical (unpaired) electrons. The average Bonchev–Trinajstić information content (AvgIpc) is 2.65. The van der Waals surface area contributed by atoms with Crippen LogP contribution in [0.2, 0.25) is 0 Å². The van der Waals surface area contributed by atoms with Crippen molar-refractivity contribution in [1.82, 2.24) is 10.0 Å². The molecule has 1 atom stereocenters. The van der Waals surface area contributed by atoms with Crippen LogP contribution in [-0.2, 0) is 10.0 Å². The number of hydrogen-bond acceptors (Lipinski definition) is 4. The summed E-state index contributed by atoms with van der Waals surface area (Å²) in [6.45, 7) is 3.07. The van der Waals surface area contributed by atoms with E-state index in [1.165, 1.54) is 42.5 Å². The maximum Gasteiger partial charge on any atom is 0.255 e. The van der Waals surface area contributed by atoms with Crippen LogP contribution in [0.4, 0.5) is 10.1 Å². The van der Waals surface area contributed by atoms with Crippen LogP contribution in [0.15, 0.2) is 47.4 Å². The zero-order valence-electron chi connectivity index (χ0n) is 15.0. The van der Waals surface area contributed by atoms with E-state index in [9.17, 15) is 17.6 Å². The van der Waals surface area contributed by atoms with Gasteiger partial charge in [-0.25, -0.2) is 17.5 Å². The van der Waals surface area contributed by atoms with Crippen LogP contribution in [0.5, 0.6) is 0 Å². The molecule has 0 saturated carbocycles. The number of amides is 1. The van der Waals surface area contributed by atoms with Crippen LogP contribution in [0.1, 0.15) is 28.8 Å². The number of piperidine rings is 1. The molecule has 3 N–H and O–H groups in total. The van der Waals surface area contributed by atoms with Crippen molar-refractivity contribution in [3.63, 3.8) is 0 Å². The predicted octanol–water partition coefficient (Wildman–Crippen LogP) is 2.42. The Balaban J connectivity index is 1.75. The number of hydrogen-bond donors (Lipinski definition) is 3. The molecule has 6 nitrogen and oxygen atoms in total. The van der Waals surface area contributed by atoms with Crippen LogP contribution >= 0.6 is 0 Å². The molecule has 1 aliphatic heterocycles. The molecule has 0 aromatic heterocycles. The number of halogens is 1. The summed E-state index contributed by atoms with van der Waals surface area (Å²) in [4.78, 5) is 12.5. The summed E-state index contributed by atoms with van der Waals surface area (Å²) in [7, 11) is -3.72. The highest BCUT2D eigenvalue weighted by molar-refractivity contribution is 7.89. The molecule has 8 heteroatoms. The molecule has 144 valence electrons. The second-order valence-electron chi connectivity index (χ2n) is 6.61. The van der Waals surface area contributed by atoms with Crippen molar-refractivity contribution >= 4 is 21.6 Å². The van der Waals surface area contributed by atoms with Crippen molar-refractivity contribution in [2.45, 2.75) is 30.7 Å². The number of anilines is 1. The van der Waals surface area contributed by atoms with E-state index in [1.54, 1.807) is 6.92 Å². The quantitative estimate of drug-likeness (QED) is 0.731. The minimum Gasteiger partial charge on any atom is -0.322 e. The lowest BCUT2D eigenvalue weighted by molar-refractivity contribution is 0.102. The van der Waals surface area contributed by atoms with Gasteiger partial charge >= 0.3 is 0 Å². The summed E-state index contributed by atoms with van der Waals surface area (Å²) in [5.41, 5.74) is 1.06. The zero-order chi connectivity index (χ0) is 19.4. The van der Waals surface area contributed by atoms with Gasteiger partial charge in [-0.15, -0.1) is 0 Å². The summed E-state index contributed by atoms with van der Waals surface area (Å²) in [6.07, 6.45) is 1.68. The second-order valence-corrected chi connectivity index (χ2v) is 8.32. The first-order valence-corrected chi connectivity index (χ1v) is 10.2. The molecule has 1 amide bonds. The number of aryl methyl sites for hydroxylation is 1. The molecular weight excluding hydrogens is 369 g/mol. The smallest absolute Gasteiger partial charge is 0.255 e. The molecule has 0 aliphatic carbocycles. The highest BCUT2D eigenvalue weighted by atomic mass is 32.2. The predicted molar refractivity (Wildman–Crippen MR) is 102 cm³/mol. The monoisotopic (exact) mass is 391 g/mol. The van der Waals surface area contributed by atoms with Crippen LogP contribution in [0.3, 0.4) is 0 Å². The van der Waals surface area contributed by atoms with Gasteiger partial charge in [0.25, 0.3) is 5.91 Å². The standard InChI is InChI=1S/C19H22FN3O3S/c1-13-10-15(7-8-18(13)20)22-19(24)14-4-2-6-17(11-14)27(25,26)23-16-5-3-9-21-12-16/h2,4,6-8,10-11,16,21,23H,3,5,9,12H2,1H3,(H,22,24). The van der Waals surface area contributed by atoms with E-state index in [4.69, 9.17) is 0 Å². The molecule has 1 saturated heterocycles. The van der Waals surface area contributed by atoms with Crippen molar-refractivity contribution in [3.8, 4) is 0 Å². The van der Waals surface area contributed by atoms with Gasteiger partial charge in [0, 0.05) is 23.8 Å². The maximum absolute atomic E-state index is 13.3. The first-order valence-electron chi connectivity index (χ1n) is 8.76. The molecule has 0 bridgehead atoms. The fourth-order valence-corrected chi connectivity index (χ4v) is 4.29. The number of nitrogens with one attached hydrogen (secondary N) is 3. The second kappa shape index (κ2) is 8.16. The first kappa shape index (κ1) is 19.5. The van der Waals surface area contributed by atoms with E-state index >= 15 is 0 Å². The van der Waals surface area contributed by atoms with Crippen LogP contribution in [0, 0.1) is 12.7 Å². The summed E-state index contributed by atoms with van der Waals surface area (Å²) >= 11 is 0. The number of carbonyl (C=O) groups is 1. The summed E-state index contributed by atoms with van der Waals surface area (Å²) in [6, 6.07) is 9.94. The molecule has 2 aromatic rings. The topological polar surface area (TPSA) is 87.3 Å². The minimum absolute atomic E-state index is 0.0380. The van der Waals surface area contributed by atoms with Gasteiger partial charge in [-0.05, 0) is 68.3 Å². The van der Waals surface area contributed by atoms with Crippen LogP contribution < -0.4 is 15.4 Å². The lowest BCUT2D eigenvalue weighted by Gasteiger charge is -2.23. The Bertz CT molecular complexity index is 941. The lowest BCUT2D eigenvalue weighted by Crippen LogP contribution is -2.45. The van der Waals surface area contributed by atoms with Gasteiger partial charge < -0.3 is 10.6 Å². The van der Waals surface area contributed by atoms with E-state index in [0.29, 0.717) is 17.8 Å². The first-order chi connectivity index (χ1) is 12.8. The molecule has 1 heterocycles. The van der Waals surface area contributed by atoms with E-state index in [2.05, 4.69) is 15.4 Å². The van der Waals surface area contributed by atoms with E-state index in [1.807, 2.05) is 0 Å². The van der Waals surface area contributed by atoms with E-state index in [-0.39, 0.29) is 22.3 Å². The fraction of sp³-hybridized carbons (Fsp3) is 0.316. The number of rotatable bonds is 5. The Morgan fingerprint density at radius 3 is 2.74 bits per heavy atom. The van der Waals surface area contributed by atoms with Crippen molar-refractivity contribution in [3.05, 3.63) is 59.4 Å². The van der Waals surface area contributed by atoms with E-state index in [0.717, 1.165) is 19.4 Å². The van der Waals surface area contributed by atoms with Crippen LogP contribution in [-0.4, -0.2) is 33.5 Å². The Hall–Kier alpha value is -2.29. The van der Waals surface area contributed by atoms with Gasteiger partial charge in [0.15, 0.2) is 0 Å². The van der Waals surface area contributed by atoms with Crippen molar-refractivity contribution in [2.24, 2.45) is 0 Å². The highest BCUT2D eigenvalue weighted by Crippen LogP contribution is 2.17. The third-order valence-electron chi connectivity index (χ3n) is 4.44. The fourth-order valence-electron chi connectivity index (χ4n) is 2.97. The average molecular weight is 391 g/mol. The molecule has 1 aliphatic rings. The third-order valence-corrected chi connectivity index (χ3v) is 5.96. The van der Waals surface area contributed by atoms with Gasteiger partial charge in [-0.3, -0.25) is 4.79 Å². The van der Waals surface area contributed by atoms with Gasteiger partial charge in [0.05, 0.1) is 4.90 Å².